The number of nitrogens with one attached hydrogen (secondary N) is 2. The molecule has 0 amide bonds. The quantitative estimate of drug-likeness (QED) is 0.806. The highest BCUT2D eigenvalue weighted by Gasteiger charge is 2.39. The minimum atomic E-state index is 0.561. The van der Waals surface area contributed by atoms with Crippen LogP contribution in [0.3, 0.4) is 0 Å². The number of hydrogen-bond donors (Lipinski definition) is 2. The lowest BCUT2D eigenvalue weighted by atomic mass is 9.96. The number of hydrogen-bond acceptors (Lipinski definition) is 1. The lowest BCUT2D eigenvalue weighted by molar-refractivity contribution is 0.392. The van der Waals surface area contributed by atoms with E-state index in [4.69, 9.17) is 23.8 Å². The predicted molar refractivity (Wildman–Crippen MR) is 80.0 cm³/mol. The number of halogens is 1. The summed E-state index contributed by atoms with van der Waals surface area (Å²) >= 11 is 11.5. The van der Waals surface area contributed by atoms with E-state index in [9.17, 15) is 0 Å². The second-order valence-corrected chi connectivity index (χ2v) is 6.18. The Balaban J connectivity index is 1.58. The molecule has 3 rings (SSSR count). The van der Waals surface area contributed by atoms with Crippen molar-refractivity contribution >= 4 is 34.6 Å². The molecule has 4 heteroatoms. The van der Waals surface area contributed by atoms with E-state index in [2.05, 4.69) is 10.6 Å². The highest BCUT2D eigenvalue weighted by atomic mass is 35.5. The predicted octanol–water partition coefficient (Wildman–Crippen LogP) is 3.82. The van der Waals surface area contributed by atoms with Crippen molar-refractivity contribution in [3.63, 3.8) is 0 Å². The zero-order valence-electron chi connectivity index (χ0n) is 10.2. The summed E-state index contributed by atoms with van der Waals surface area (Å²) in [7, 11) is 0. The number of thiocarbonyl (C=S) groups is 1. The fourth-order valence-corrected chi connectivity index (χ4v) is 3.76. The summed E-state index contributed by atoms with van der Waals surface area (Å²) in [5.41, 5.74) is 0.875. The van der Waals surface area contributed by atoms with Gasteiger partial charge in [0.15, 0.2) is 5.11 Å². The van der Waals surface area contributed by atoms with Crippen LogP contribution in [0.5, 0.6) is 0 Å². The molecule has 0 aliphatic heterocycles. The van der Waals surface area contributed by atoms with Crippen LogP contribution in [0.15, 0.2) is 24.3 Å². The lowest BCUT2D eigenvalue weighted by Crippen LogP contribution is -2.40. The van der Waals surface area contributed by atoms with Crippen molar-refractivity contribution in [2.75, 3.05) is 5.32 Å². The highest BCUT2D eigenvalue weighted by Crippen LogP contribution is 2.44. The van der Waals surface area contributed by atoms with Crippen LogP contribution in [0.25, 0.3) is 0 Å². The zero-order chi connectivity index (χ0) is 12.5. The van der Waals surface area contributed by atoms with E-state index in [1.807, 2.05) is 24.3 Å². The molecular weight excluding hydrogens is 264 g/mol. The van der Waals surface area contributed by atoms with Gasteiger partial charge in [-0.25, -0.2) is 0 Å². The molecule has 2 nitrogen and oxygen atoms in total. The fraction of sp³-hybridized carbons (Fsp3) is 0.500. The van der Waals surface area contributed by atoms with Gasteiger partial charge in [0.25, 0.3) is 0 Å². The fourth-order valence-electron chi connectivity index (χ4n) is 3.31. The van der Waals surface area contributed by atoms with E-state index in [0.717, 1.165) is 17.5 Å². The lowest BCUT2D eigenvalue weighted by Gasteiger charge is -2.24. The van der Waals surface area contributed by atoms with Crippen LogP contribution < -0.4 is 10.6 Å². The molecule has 18 heavy (non-hydrogen) atoms. The molecule has 2 saturated carbocycles. The molecule has 2 aliphatic rings. The molecule has 1 aromatic carbocycles. The Morgan fingerprint density at radius 3 is 2.72 bits per heavy atom. The van der Waals surface area contributed by atoms with Gasteiger partial charge in [-0.3, -0.25) is 0 Å². The summed E-state index contributed by atoms with van der Waals surface area (Å²) in [4.78, 5) is 0. The first-order valence-corrected chi connectivity index (χ1v) is 7.33. The van der Waals surface area contributed by atoms with Crippen LogP contribution in [0.1, 0.15) is 25.7 Å². The number of anilines is 1. The number of para-hydroxylation sites is 1. The molecule has 0 aromatic heterocycles. The Kier molecular flexibility index (Phi) is 3.44. The molecule has 0 radical (unpaired) electrons. The molecular formula is C14H17ClN2S. The molecule has 0 unspecified atom stereocenters. The first-order chi connectivity index (χ1) is 8.72. The highest BCUT2D eigenvalue weighted by molar-refractivity contribution is 7.80. The molecule has 0 saturated heterocycles. The summed E-state index contributed by atoms with van der Waals surface area (Å²) in [6.07, 6.45) is 5.42. The van der Waals surface area contributed by atoms with Crippen LogP contribution in [0, 0.1) is 11.8 Å². The van der Waals surface area contributed by atoms with E-state index >= 15 is 0 Å². The van der Waals surface area contributed by atoms with Crippen LogP contribution in [0.4, 0.5) is 5.69 Å². The second-order valence-electron chi connectivity index (χ2n) is 5.36. The first kappa shape index (κ1) is 12.2. The van der Waals surface area contributed by atoms with Crippen LogP contribution in [-0.2, 0) is 0 Å². The summed E-state index contributed by atoms with van der Waals surface area (Å²) in [5.74, 6) is 1.75. The monoisotopic (exact) mass is 280 g/mol. The van der Waals surface area contributed by atoms with Gasteiger partial charge in [0, 0.05) is 6.04 Å². The van der Waals surface area contributed by atoms with Gasteiger partial charge in [0.2, 0.25) is 0 Å². The van der Waals surface area contributed by atoms with Crippen molar-refractivity contribution in [3.8, 4) is 0 Å². The van der Waals surface area contributed by atoms with Gasteiger partial charge in [-0.2, -0.15) is 0 Å². The van der Waals surface area contributed by atoms with Crippen molar-refractivity contribution in [2.24, 2.45) is 11.8 Å². The number of fused-ring (bicyclic) bond motifs is 2. The van der Waals surface area contributed by atoms with Gasteiger partial charge in [0.1, 0.15) is 0 Å². The summed E-state index contributed by atoms with van der Waals surface area (Å²) in [6, 6.07) is 8.24. The van der Waals surface area contributed by atoms with Crippen molar-refractivity contribution in [1.29, 1.82) is 0 Å². The minimum absolute atomic E-state index is 0.561. The third kappa shape index (κ3) is 2.47. The van der Waals surface area contributed by atoms with Gasteiger partial charge >= 0.3 is 0 Å². The summed E-state index contributed by atoms with van der Waals surface area (Å²) < 4.78 is 0. The third-order valence-electron chi connectivity index (χ3n) is 4.18. The molecule has 2 aliphatic carbocycles. The van der Waals surface area contributed by atoms with Crippen molar-refractivity contribution in [2.45, 2.75) is 31.7 Å². The van der Waals surface area contributed by atoms with Gasteiger partial charge in [0.05, 0.1) is 10.7 Å². The maximum Gasteiger partial charge on any atom is 0.171 e. The number of rotatable bonds is 2. The molecule has 0 spiro atoms. The Morgan fingerprint density at radius 1 is 1.22 bits per heavy atom. The van der Waals surface area contributed by atoms with Crippen molar-refractivity contribution < 1.29 is 0 Å². The minimum Gasteiger partial charge on any atom is -0.359 e. The Morgan fingerprint density at radius 2 is 2.06 bits per heavy atom. The van der Waals surface area contributed by atoms with E-state index in [0.29, 0.717) is 16.2 Å². The maximum atomic E-state index is 6.10. The molecule has 0 heterocycles. The Hall–Kier alpha value is -0.800. The van der Waals surface area contributed by atoms with Crippen molar-refractivity contribution in [3.05, 3.63) is 29.3 Å². The SMILES string of the molecule is S=C(Nc1ccccc1Cl)N[C@H]1C[C@H]2CC[C@H]1C2. The molecule has 2 N–H and O–H groups in total. The molecule has 96 valence electrons. The van der Waals surface area contributed by atoms with E-state index in [-0.39, 0.29) is 0 Å². The topological polar surface area (TPSA) is 24.1 Å². The molecule has 1 aromatic rings. The van der Waals surface area contributed by atoms with Crippen LogP contribution in [0.2, 0.25) is 5.02 Å². The zero-order valence-corrected chi connectivity index (χ0v) is 11.7. The van der Waals surface area contributed by atoms with Gasteiger partial charge in [-0.1, -0.05) is 30.2 Å². The third-order valence-corrected chi connectivity index (χ3v) is 4.73. The summed E-state index contributed by atoms with van der Waals surface area (Å²) in [6.45, 7) is 0. The standard InChI is InChI=1S/C14H17ClN2S/c15-11-3-1-2-4-12(11)16-14(18)17-13-8-9-5-6-10(13)7-9/h1-4,9-10,13H,5-8H2,(H2,16,17,18)/t9-,10-,13-/m0/s1. The smallest absolute Gasteiger partial charge is 0.171 e. The maximum absolute atomic E-state index is 6.10. The van der Waals surface area contributed by atoms with Crippen molar-refractivity contribution in [1.82, 2.24) is 5.32 Å². The average molecular weight is 281 g/mol. The van der Waals surface area contributed by atoms with Gasteiger partial charge in [-0.15, -0.1) is 0 Å². The van der Waals surface area contributed by atoms with E-state index in [1.165, 1.54) is 25.7 Å². The Bertz CT molecular complexity index is 463. The van der Waals surface area contributed by atoms with Gasteiger partial charge < -0.3 is 10.6 Å². The summed E-state index contributed by atoms with van der Waals surface area (Å²) in [5, 5.41) is 8.03. The molecule has 2 fully saturated rings. The first-order valence-electron chi connectivity index (χ1n) is 6.54. The van der Waals surface area contributed by atoms with E-state index in [1.54, 1.807) is 0 Å². The molecule has 2 bridgehead atoms. The average Bonchev–Trinajstić information content (AvgIpc) is 2.94. The molecule has 3 atom stereocenters. The number of benzene rings is 1. The second kappa shape index (κ2) is 5.06. The largest absolute Gasteiger partial charge is 0.359 e. The Labute approximate surface area is 118 Å². The van der Waals surface area contributed by atoms with E-state index < -0.39 is 0 Å². The van der Waals surface area contributed by atoms with Crippen LogP contribution in [-0.4, -0.2) is 11.2 Å². The van der Waals surface area contributed by atoms with Crippen LogP contribution >= 0.6 is 23.8 Å². The normalized spacial score (nSPS) is 29.3. The van der Waals surface area contributed by atoms with Gasteiger partial charge in [-0.05, 0) is 55.4 Å².